The van der Waals surface area contributed by atoms with Crippen LogP contribution in [0.1, 0.15) is 25.3 Å². The van der Waals surface area contributed by atoms with Crippen LogP contribution in [-0.2, 0) is 13.1 Å². The van der Waals surface area contributed by atoms with Gasteiger partial charge in [0.25, 0.3) is 0 Å². The zero-order valence-corrected chi connectivity index (χ0v) is 13.4. The lowest BCUT2D eigenvalue weighted by atomic mass is 10.2. The fourth-order valence-corrected chi connectivity index (χ4v) is 2.66. The van der Waals surface area contributed by atoms with Crippen molar-refractivity contribution in [3.05, 3.63) is 66.2 Å². The van der Waals surface area contributed by atoms with Crippen LogP contribution >= 0.6 is 0 Å². The summed E-state index contributed by atoms with van der Waals surface area (Å²) < 4.78 is 17.6. The number of rotatable bonds is 5. The number of fused-ring (bicyclic) bond motifs is 1. The molecule has 0 spiro atoms. The Labute approximate surface area is 136 Å². The highest BCUT2D eigenvalue weighted by atomic mass is 35.5. The van der Waals surface area contributed by atoms with Gasteiger partial charge >= 0.3 is 0 Å². The number of benzene rings is 2. The van der Waals surface area contributed by atoms with Crippen molar-refractivity contribution in [1.82, 2.24) is 4.57 Å². The van der Waals surface area contributed by atoms with Crippen molar-refractivity contribution in [3.8, 4) is 0 Å². The molecule has 2 nitrogen and oxygen atoms in total. The first-order valence-corrected chi connectivity index (χ1v) is 7.49. The predicted molar refractivity (Wildman–Crippen MR) is 82.5 cm³/mol. The minimum absolute atomic E-state index is 0. The van der Waals surface area contributed by atoms with Gasteiger partial charge < -0.3 is 12.4 Å². The lowest BCUT2D eigenvalue weighted by Crippen LogP contribution is -3.00. The summed E-state index contributed by atoms with van der Waals surface area (Å²) in [7, 11) is 0. The lowest BCUT2D eigenvalue weighted by Gasteiger charge is -1.98. The first-order chi connectivity index (χ1) is 10.3. The van der Waals surface area contributed by atoms with E-state index in [1.165, 1.54) is 36.0 Å². The molecule has 0 unspecified atom stereocenters. The molecule has 0 radical (unpaired) electrons. The van der Waals surface area contributed by atoms with E-state index in [0.717, 1.165) is 18.7 Å². The normalized spacial score (nSPS) is 10.6. The van der Waals surface area contributed by atoms with E-state index in [1.807, 2.05) is 12.1 Å². The Morgan fingerprint density at radius 3 is 2.50 bits per heavy atom. The van der Waals surface area contributed by atoms with Gasteiger partial charge in [0.1, 0.15) is 12.4 Å². The fraction of sp³-hybridized carbons (Fsp3) is 0.278. The number of nitrogens with zero attached hydrogens (tertiary/aromatic N) is 2. The summed E-state index contributed by atoms with van der Waals surface area (Å²) >= 11 is 0. The van der Waals surface area contributed by atoms with Gasteiger partial charge in [-0.1, -0.05) is 37.6 Å². The van der Waals surface area contributed by atoms with Gasteiger partial charge in [-0.15, -0.1) is 0 Å². The SMILES string of the molecule is CCCCn1c[n+](Cc2ccc(F)cc2)c2ccccc21.[Cl-]. The van der Waals surface area contributed by atoms with E-state index >= 15 is 0 Å². The molecule has 0 atom stereocenters. The van der Waals surface area contributed by atoms with Crippen LogP contribution in [-0.4, -0.2) is 4.57 Å². The summed E-state index contributed by atoms with van der Waals surface area (Å²) in [4.78, 5) is 0. The second-order valence-corrected chi connectivity index (χ2v) is 5.41. The zero-order valence-electron chi connectivity index (χ0n) is 12.7. The standard InChI is InChI=1S/C18H20FN2.ClH/c1-2-3-12-20-14-21(18-7-5-4-6-17(18)20)13-15-8-10-16(19)11-9-15;/h4-11,14H,2-3,12-13H2,1H3;1H/q+1;/p-1. The summed E-state index contributed by atoms with van der Waals surface area (Å²) in [6, 6.07) is 15.2. The minimum Gasteiger partial charge on any atom is -1.00 e. The molecular weight excluding hydrogens is 299 g/mol. The quantitative estimate of drug-likeness (QED) is 0.619. The van der Waals surface area contributed by atoms with Crippen LogP contribution in [0.3, 0.4) is 0 Å². The van der Waals surface area contributed by atoms with Crippen molar-refractivity contribution >= 4 is 11.0 Å². The first-order valence-electron chi connectivity index (χ1n) is 7.49. The van der Waals surface area contributed by atoms with E-state index in [-0.39, 0.29) is 18.2 Å². The molecule has 22 heavy (non-hydrogen) atoms. The van der Waals surface area contributed by atoms with Crippen molar-refractivity contribution in [2.45, 2.75) is 32.9 Å². The maximum absolute atomic E-state index is 13.0. The Kier molecular flexibility index (Phi) is 5.56. The van der Waals surface area contributed by atoms with Gasteiger partial charge in [-0.2, -0.15) is 0 Å². The second-order valence-electron chi connectivity index (χ2n) is 5.41. The van der Waals surface area contributed by atoms with E-state index in [0.29, 0.717) is 0 Å². The molecule has 1 heterocycles. The number of hydrogen-bond acceptors (Lipinski definition) is 0. The number of aromatic nitrogens is 2. The van der Waals surface area contributed by atoms with Crippen LogP contribution in [0, 0.1) is 5.82 Å². The van der Waals surface area contributed by atoms with Crippen LogP contribution in [0.25, 0.3) is 11.0 Å². The molecule has 0 saturated heterocycles. The smallest absolute Gasteiger partial charge is 0.245 e. The van der Waals surface area contributed by atoms with Gasteiger partial charge in [0.2, 0.25) is 6.33 Å². The molecule has 4 heteroatoms. The van der Waals surface area contributed by atoms with Gasteiger partial charge in [-0.05, 0) is 36.2 Å². The summed E-state index contributed by atoms with van der Waals surface area (Å²) in [6.45, 7) is 4.01. The highest BCUT2D eigenvalue weighted by molar-refractivity contribution is 5.71. The van der Waals surface area contributed by atoms with Gasteiger partial charge in [0.05, 0.1) is 6.54 Å². The van der Waals surface area contributed by atoms with Crippen molar-refractivity contribution in [1.29, 1.82) is 0 Å². The van der Waals surface area contributed by atoms with E-state index < -0.39 is 0 Å². The fourth-order valence-electron chi connectivity index (χ4n) is 2.66. The van der Waals surface area contributed by atoms with Crippen molar-refractivity contribution < 1.29 is 21.4 Å². The van der Waals surface area contributed by atoms with Crippen LogP contribution in [0.2, 0.25) is 0 Å². The summed E-state index contributed by atoms with van der Waals surface area (Å²) in [6.07, 6.45) is 4.53. The Morgan fingerprint density at radius 2 is 1.77 bits per heavy atom. The maximum Gasteiger partial charge on any atom is 0.245 e. The molecule has 0 bridgehead atoms. The average Bonchev–Trinajstić information content (AvgIpc) is 2.86. The molecule has 0 aliphatic heterocycles. The Balaban J connectivity index is 0.00000176. The van der Waals surface area contributed by atoms with E-state index in [1.54, 1.807) is 0 Å². The molecule has 3 aromatic rings. The summed E-state index contributed by atoms with van der Waals surface area (Å²) in [5.74, 6) is -0.186. The summed E-state index contributed by atoms with van der Waals surface area (Å²) in [5, 5.41) is 0. The Hall–Kier alpha value is -1.87. The summed E-state index contributed by atoms with van der Waals surface area (Å²) in [5.41, 5.74) is 3.59. The van der Waals surface area contributed by atoms with E-state index in [2.05, 4.69) is 46.7 Å². The Morgan fingerprint density at radius 1 is 1.05 bits per heavy atom. The average molecular weight is 319 g/mol. The molecule has 0 aliphatic carbocycles. The number of hydrogen-bond donors (Lipinski definition) is 0. The minimum atomic E-state index is -0.186. The van der Waals surface area contributed by atoms with E-state index in [9.17, 15) is 4.39 Å². The van der Waals surface area contributed by atoms with Gasteiger partial charge in [0.15, 0.2) is 11.0 Å². The van der Waals surface area contributed by atoms with Crippen LogP contribution < -0.4 is 17.0 Å². The van der Waals surface area contributed by atoms with Crippen molar-refractivity contribution in [3.63, 3.8) is 0 Å². The third kappa shape index (κ3) is 3.47. The number of para-hydroxylation sites is 2. The molecule has 1 aromatic heterocycles. The van der Waals surface area contributed by atoms with Gasteiger partial charge in [-0.3, -0.25) is 0 Å². The molecule has 0 amide bonds. The lowest BCUT2D eigenvalue weighted by molar-refractivity contribution is -0.663. The topological polar surface area (TPSA) is 8.81 Å². The van der Waals surface area contributed by atoms with Crippen molar-refractivity contribution in [2.75, 3.05) is 0 Å². The van der Waals surface area contributed by atoms with E-state index in [4.69, 9.17) is 0 Å². The third-order valence-electron chi connectivity index (χ3n) is 3.80. The largest absolute Gasteiger partial charge is 1.00 e. The number of unbranched alkanes of at least 4 members (excludes halogenated alkanes) is 1. The predicted octanol–water partition coefficient (Wildman–Crippen LogP) is 0.920. The molecule has 116 valence electrons. The molecule has 3 rings (SSSR count). The molecule has 0 aliphatic rings. The molecule has 0 fully saturated rings. The number of imidazole rings is 1. The highest BCUT2D eigenvalue weighted by Crippen LogP contribution is 2.13. The number of aryl methyl sites for hydroxylation is 1. The molecule has 0 N–H and O–H groups in total. The van der Waals surface area contributed by atoms with Gasteiger partial charge in [-0.25, -0.2) is 13.5 Å². The zero-order chi connectivity index (χ0) is 14.7. The highest BCUT2D eigenvalue weighted by Gasteiger charge is 2.14. The molecular formula is C18H20ClFN2. The first kappa shape index (κ1) is 16.5. The number of halogens is 2. The Bertz CT molecular complexity index is 734. The molecule has 2 aromatic carbocycles. The van der Waals surface area contributed by atoms with Gasteiger partial charge in [0, 0.05) is 0 Å². The monoisotopic (exact) mass is 318 g/mol. The van der Waals surface area contributed by atoms with Crippen LogP contribution in [0.5, 0.6) is 0 Å². The molecule has 0 saturated carbocycles. The maximum atomic E-state index is 13.0. The van der Waals surface area contributed by atoms with Crippen LogP contribution in [0.15, 0.2) is 54.9 Å². The third-order valence-corrected chi connectivity index (χ3v) is 3.80. The second kappa shape index (κ2) is 7.41. The van der Waals surface area contributed by atoms with Crippen molar-refractivity contribution in [2.24, 2.45) is 0 Å². The van der Waals surface area contributed by atoms with Crippen LogP contribution in [0.4, 0.5) is 4.39 Å².